The summed E-state index contributed by atoms with van der Waals surface area (Å²) in [6.45, 7) is 3.92. The highest BCUT2D eigenvalue weighted by molar-refractivity contribution is 5.62. The van der Waals surface area contributed by atoms with Crippen LogP contribution in [0.5, 0.6) is 11.6 Å². The lowest BCUT2D eigenvalue weighted by molar-refractivity contribution is 0.462. The van der Waals surface area contributed by atoms with Crippen LogP contribution >= 0.6 is 0 Å². The molecule has 1 aliphatic rings. The fourth-order valence-electron chi connectivity index (χ4n) is 3.40. The zero-order valence-electron chi connectivity index (χ0n) is 16.9. The second-order valence-corrected chi connectivity index (χ2v) is 7.26. The third-order valence-corrected chi connectivity index (χ3v) is 5.13. The SMILES string of the molecule is CCc1ccc(Oc2nc(-c3cncc(C#N)c3)cnc2NC[C@@H]2CCCN2)cc1. The third kappa shape index (κ3) is 4.73. The summed E-state index contributed by atoms with van der Waals surface area (Å²) in [6.07, 6.45) is 8.16. The molecule has 2 N–H and O–H groups in total. The zero-order chi connectivity index (χ0) is 20.8. The molecule has 0 unspecified atom stereocenters. The maximum Gasteiger partial charge on any atom is 0.263 e. The van der Waals surface area contributed by atoms with E-state index in [0.29, 0.717) is 34.7 Å². The molecule has 0 saturated carbocycles. The topological polar surface area (TPSA) is 95.8 Å². The molecule has 152 valence electrons. The predicted octanol–water partition coefficient (Wildman–Crippen LogP) is 3.93. The average molecular weight is 400 g/mol. The minimum atomic E-state index is 0.400. The lowest BCUT2D eigenvalue weighted by Crippen LogP contribution is -2.29. The summed E-state index contributed by atoms with van der Waals surface area (Å²) in [7, 11) is 0. The van der Waals surface area contributed by atoms with E-state index in [1.54, 1.807) is 18.5 Å². The number of rotatable bonds is 7. The number of ether oxygens (including phenoxy) is 1. The Hall–Kier alpha value is -3.50. The Morgan fingerprint density at radius 1 is 1.23 bits per heavy atom. The minimum Gasteiger partial charge on any atom is -0.436 e. The van der Waals surface area contributed by atoms with Crippen molar-refractivity contribution < 1.29 is 4.74 Å². The summed E-state index contributed by atoms with van der Waals surface area (Å²) in [6, 6.07) is 12.2. The fraction of sp³-hybridized carbons (Fsp3) is 0.304. The number of aryl methyl sites for hydroxylation is 1. The summed E-state index contributed by atoms with van der Waals surface area (Å²) in [5.74, 6) is 1.69. The Labute approximate surface area is 176 Å². The molecule has 1 saturated heterocycles. The molecule has 7 nitrogen and oxygen atoms in total. The van der Waals surface area contributed by atoms with Crippen molar-refractivity contribution >= 4 is 5.82 Å². The number of nitriles is 1. The first-order valence-corrected chi connectivity index (χ1v) is 10.2. The van der Waals surface area contributed by atoms with Crippen LogP contribution in [0.4, 0.5) is 5.82 Å². The number of benzene rings is 1. The van der Waals surface area contributed by atoms with Crippen molar-refractivity contribution in [3.63, 3.8) is 0 Å². The normalized spacial score (nSPS) is 15.5. The van der Waals surface area contributed by atoms with Gasteiger partial charge < -0.3 is 15.4 Å². The number of nitrogens with zero attached hydrogens (tertiary/aromatic N) is 4. The van der Waals surface area contributed by atoms with E-state index < -0.39 is 0 Å². The number of aromatic nitrogens is 3. The molecule has 7 heteroatoms. The zero-order valence-corrected chi connectivity index (χ0v) is 16.9. The van der Waals surface area contributed by atoms with Crippen molar-refractivity contribution in [1.82, 2.24) is 20.3 Å². The highest BCUT2D eigenvalue weighted by atomic mass is 16.5. The van der Waals surface area contributed by atoms with Gasteiger partial charge in [0.2, 0.25) is 0 Å². The van der Waals surface area contributed by atoms with E-state index in [4.69, 9.17) is 10.00 Å². The van der Waals surface area contributed by atoms with Gasteiger partial charge in [0, 0.05) is 30.5 Å². The van der Waals surface area contributed by atoms with Crippen molar-refractivity contribution in [2.45, 2.75) is 32.2 Å². The van der Waals surface area contributed by atoms with Gasteiger partial charge in [0.25, 0.3) is 5.88 Å². The molecule has 4 rings (SSSR count). The monoisotopic (exact) mass is 400 g/mol. The molecule has 2 aromatic heterocycles. The van der Waals surface area contributed by atoms with Gasteiger partial charge in [-0.15, -0.1) is 0 Å². The molecule has 1 aliphatic heterocycles. The van der Waals surface area contributed by atoms with Gasteiger partial charge in [-0.2, -0.15) is 5.26 Å². The van der Waals surface area contributed by atoms with Crippen LogP contribution < -0.4 is 15.4 Å². The number of anilines is 1. The van der Waals surface area contributed by atoms with Gasteiger partial charge in [-0.05, 0) is 49.6 Å². The third-order valence-electron chi connectivity index (χ3n) is 5.13. The standard InChI is InChI=1S/C23H24N6O/c1-2-16-5-7-20(8-6-16)30-23-22(27-14-19-4-3-9-26-19)28-15-21(29-23)18-10-17(11-24)12-25-13-18/h5-8,10,12-13,15,19,26H,2-4,9,14H2,1H3,(H,27,28)/t19-/m0/s1. The van der Waals surface area contributed by atoms with Crippen molar-refractivity contribution in [2.75, 3.05) is 18.4 Å². The highest BCUT2D eigenvalue weighted by Crippen LogP contribution is 2.29. The quantitative estimate of drug-likeness (QED) is 0.620. The van der Waals surface area contributed by atoms with Crippen LogP contribution in [0.25, 0.3) is 11.3 Å². The molecular weight excluding hydrogens is 376 g/mol. The van der Waals surface area contributed by atoms with Crippen LogP contribution in [0, 0.1) is 11.3 Å². The number of hydrogen-bond donors (Lipinski definition) is 2. The van der Waals surface area contributed by atoms with E-state index in [-0.39, 0.29) is 0 Å². The lowest BCUT2D eigenvalue weighted by atomic mass is 10.1. The highest BCUT2D eigenvalue weighted by Gasteiger charge is 2.17. The van der Waals surface area contributed by atoms with E-state index in [2.05, 4.69) is 38.6 Å². The Balaban J connectivity index is 1.63. The smallest absolute Gasteiger partial charge is 0.263 e. The molecule has 1 fully saturated rings. The van der Waals surface area contributed by atoms with Crippen LogP contribution in [-0.4, -0.2) is 34.1 Å². The van der Waals surface area contributed by atoms with Gasteiger partial charge >= 0.3 is 0 Å². The second-order valence-electron chi connectivity index (χ2n) is 7.26. The van der Waals surface area contributed by atoms with Crippen LogP contribution in [0.1, 0.15) is 30.9 Å². The Bertz CT molecular complexity index is 1040. The van der Waals surface area contributed by atoms with E-state index in [9.17, 15) is 0 Å². The number of hydrogen-bond acceptors (Lipinski definition) is 7. The lowest BCUT2D eigenvalue weighted by Gasteiger charge is -2.15. The molecule has 0 spiro atoms. The van der Waals surface area contributed by atoms with Gasteiger partial charge in [0.1, 0.15) is 11.8 Å². The summed E-state index contributed by atoms with van der Waals surface area (Å²) in [5, 5.41) is 16.0. The summed E-state index contributed by atoms with van der Waals surface area (Å²) >= 11 is 0. The first kappa shape index (κ1) is 19.8. The molecule has 30 heavy (non-hydrogen) atoms. The van der Waals surface area contributed by atoms with Gasteiger partial charge in [-0.25, -0.2) is 9.97 Å². The Morgan fingerprint density at radius 2 is 2.10 bits per heavy atom. The average Bonchev–Trinajstić information content (AvgIpc) is 3.32. The molecule has 1 aromatic carbocycles. The first-order valence-electron chi connectivity index (χ1n) is 10.2. The molecule has 3 heterocycles. The minimum absolute atomic E-state index is 0.400. The Morgan fingerprint density at radius 3 is 2.83 bits per heavy atom. The summed E-state index contributed by atoms with van der Waals surface area (Å²) in [5.41, 5.74) is 3.04. The van der Waals surface area contributed by atoms with E-state index in [1.165, 1.54) is 18.2 Å². The fourth-order valence-corrected chi connectivity index (χ4v) is 3.40. The van der Waals surface area contributed by atoms with Crippen LogP contribution in [0.2, 0.25) is 0 Å². The second kappa shape index (κ2) is 9.33. The van der Waals surface area contributed by atoms with E-state index in [0.717, 1.165) is 31.5 Å². The molecular formula is C23H24N6O. The molecule has 0 radical (unpaired) electrons. The van der Waals surface area contributed by atoms with Gasteiger partial charge in [-0.1, -0.05) is 19.1 Å². The van der Waals surface area contributed by atoms with Crippen molar-refractivity contribution in [3.05, 3.63) is 60.0 Å². The number of pyridine rings is 1. The van der Waals surface area contributed by atoms with Crippen molar-refractivity contribution in [1.29, 1.82) is 5.26 Å². The molecule has 1 atom stereocenters. The number of nitrogens with one attached hydrogen (secondary N) is 2. The largest absolute Gasteiger partial charge is 0.436 e. The van der Waals surface area contributed by atoms with E-state index in [1.807, 2.05) is 24.3 Å². The van der Waals surface area contributed by atoms with Crippen LogP contribution in [-0.2, 0) is 6.42 Å². The maximum absolute atomic E-state index is 9.15. The maximum atomic E-state index is 9.15. The molecule has 0 aliphatic carbocycles. The molecule has 3 aromatic rings. The van der Waals surface area contributed by atoms with E-state index >= 15 is 0 Å². The summed E-state index contributed by atoms with van der Waals surface area (Å²) < 4.78 is 6.10. The Kier molecular flexibility index (Phi) is 6.16. The van der Waals surface area contributed by atoms with Crippen molar-refractivity contribution in [3.8, 4) is 29.0 Å². The van der Waals surface area contributed by atoms with Gasteiger partial charge in [0.15, 0.2) is 5.82 Å². The molecule has 0 amide bonds. The van der Waals surface area contributed by atoms with Gasteiger partial charge in [0.05, 0.1) is 17.5 Å². The first-order chi connectivity index (χ1) is 14.7. The van der Waals surface area contributed by atoms with Crippen LogP contribution in [0.3, 0.4) is 0 Å². The van der Waals surface area contributed by atoms with Gasteiger partial charge in [-0.3, -0.25) is 4.98 Å². The predicted molar refractivity (Wildman–Crippen MR) is 115 cm³/mol. The molecule has 0 bridgehead atoms. The van der Waals surface area contributed by atoms with Crippen molar-refractivity contribution in [2.24, 2.45) is 0 Å². The van der Waals surface area contributed by atoms with Crippen LogP contribution in [0.15, 0.2) is 48.9 Å². The summed E-state index contributed by atoms with van der Waals surface area (Å²) in [4.78, 5) is 13.4.